The SMILES string of the molecule is CC(=O)c1nnn(CC(N)=O)c1-c1ccccc1. The Morgan fingerprint density at radius 2 is 1.94 bits per heavy atom. The molecule has 6 nitrogen and oxygen atoms in total. The predicted octanol–water partition coefficient (Wildman–Crippen LogP) is 0.633. The largest absolute Gasteiger partial charge is 0.368 e. The zero-order valence-corrected chi connectivity index (χ0v) is 9.83. The van der Waals surface area contributed by atoms with Gasteiger partial charge in [-0.25, -0.2) is 4.68 Å². The van der Waals surface area contributed by atoms with Gasteiger partial charge in [-0.05, 0) is 0 Å². The molecule has 1 heterocycles. The smallest absolute Gasteiger partial charge is 0.239 e. The maximum atomic E-state index is 11.5. The minimum absolute atomic E-state index is 0.107. The van der Waals surface area contributed by atoms with Gasteiger partial charge in [-0.3, -0.25) is 9.59 Å². The van der Waals surface area contributed by atoms with Gasteiger partial charge in [0.25, 0.3) is 0 Å². The number of primary amides is 1. The fourth-order valence-corrected chi connectivity index (χ4v) is 1.69. The average molecular weight is 244 g/mol. The third-order valence-corrected chi connectivity index (χ3v) is 2.42. The molecule has 0 aliphatic rings. The van der Waals surface area contributed by atoms with Crippen LogP contribution in [-0.4, -0.2) is 26.7 Å². The lowest BCUT2D eigenvalue weighted by atomic mass is 10.1. The Bertz CT molecular complexity index is 589. The zero-order valence-electron chi connectivity index (χ0n) is 9.83. The highest BCUT2D eigenvalue weighted by Gasteiger charge is 2.18. The number of ketones is 1. The average Bonchev–Trinajstić information content (AvgIpc) is 2.73. The lowest BCUT2D eigenvalue weighted by molar-refractivity contribution is -0.118. The van der Waals surface area contributed by atoms with E-state index >= 15 is 0 Å². The van der Waals surface area contributed by atoms with Crippen LogP contribution >= 0.6 is 0 Å². The normalized spacial score (nSPS) is 10.3. The Labute approximate surface area is 103 Å². The lowest BCUT2D eigenvalue weighted by Crippen LogP contribution is -2.20. The number of hydrogen-bond acceptors (Lipinski definition) is 4. The van der Waals surface area contributed by atoms with Crippen LogP contribution in [0.15, 0.2) is 30.3 Å². The molecule has 0 spiro atoms. The van der Waals surface area contributed by atoms with Gasteiger partial charge in [0.2, 0.25) is 5.91 Å². The summed E-state index contributed by atoms with van der Waals surface area (Å²) in [5.41, 5.74) is 6.67. The van der Waals surface area contributed by atoms with Gasteiger partial charge >= 0.3 is 0 Å². The topological polar surface area (TPSA) is 90.9 Å². The Balaban J connectivity index is 2.57. The summed E-state index contributed by atoms with van der Waals surface area (Å²) in [5, 5.41) is 7.60. The molecule has 6 heteroatoms. The second kappa shape index (κ2) is 4.79. The Morgan fingerprint density at radius 1 is 1.28 bits per heavy atom. The van der Waals surface area contributed by atoms with E-state index in [2.05, 4.69) is 10.3 Å². The fraction of sp³-hybridized carbons (Fsp3) is 0.167. The van der Waals surface area contributed by atoms with Crippen molar-refractivity contribution in [2.75, 3.05) is 0 Å². The zero-order chi connectivity index (χ0) is 13.1. The van der Waals surface area contributed by atoms with E-state index in [1.807, 2.05) is 30.3 Å². The van der Waals surface area contributed by atoms with Crippen molar-refractivity contribution >= 4 is 11.7 Å². The van der Waals surface area contributed by atoms with Crippen LogP contribution in [0.5, 0.6) is 0 Å². The summed E-state index contributed by atoms with van der Waals surface area (Å²) in [6, 6.07) is 9.17. The maximum absolute atomic E-state index is 11.5. The molecule has 0 unspecified atom stereocenters. The number of amides is 1. The van der Waals surface area contributed by atoms with Gasteiger partial charge in [0.05, 0.1) is 0 Å². The summed E-state index contributed by atoms with van der Waals surface area (Å²) < 4.78 is 1.34. The molecule has 0 radical (unpaired) electrons. The van der Waals surface area contributed by atoms with E-state index in [9.17, 15) is 9.59 Å². The maximum Gasteiger partial charge on any atom is 0.239 e. The number of Topliss-reactive ketones (excluding diaryl/α,β-unsaturated/α-hetero) is 1. The summed E-state index contributed by atoms with van der Waals surface area (Å²) >= 11 is 0. The molecule has 0 aliphatic carbocycles. The van der Waals surface area contributed by atoms with Gasteiger partial charge in [-0.15, -0.1) is 5.10 Å². The van der Waals surface area contributed by atoms with Gasteiger partial charge < -0.3 is 5.73 Å². The van der Waals surface area contributed by atoms with E-state index in [1.165, 1.54) is 11.6 Å². The second-order valence-electron chi connectivity index (χ2n) is 3.83. The number of carbonyl (C=O) groups excluding carboxylic acids is 2. The van der Waals surface area contributed by atoms with E-state index in [0.717, 1.165) is 5.56 Å². The molecule has 0 aliphatic heterocycles. The van der Waals surface area contributed by atoms with Gasteiger partial charge in [0.15, 0.2) is 11.5 Å². The van der Waals surface area contributed by atoms with Crippen molar-refractivity contribution in [3.05, 3.63) is 36.0 Å². The third kappa shape index (κ3) is 2.27. The number of carbonyl (C=O) groups is 2. The highest BCUT2D eigenvalue weighted by molar-refractivity contribution is 5.98. The van der Waals surface area contributed by atoms with Crippen LogP contribution in [0, 0.1) is 0 Å². The van der Waals surface area contributed by atoms with Gasteiger partial charge in [0.1, 0.15) is 12.2 Å². The number of hydrogen-bond donors (Lipinski definition) is 1. The number of aromatic nitrogens is 3. The van der Waals surface area contributed by atoms with Crippen LogP contribution in [0.3, 0.4) is 0 Å². The first-order valence-corrected chi connectivity index (χ1v) is 5.37. The monoisotopic (exact) mass is 244 g/mol. The molecule has 1 amide bonds. The minimum Gasteiger partial charge on any atom is -0.368 e. The lowest BCUT2D eigenvalue weighted by Gasteiger charge is -2.05. The quantitative estimate of drug-likeness (QED) is 0.799. The number of rotatable bonds is 4. The summed E-state index contributed by atoms with van der Waals surface area (Å²) in [5.74, 6) is -0.739. The molecule has 0 saturated heterocycles. The first-order chi connectivity index (χ1) is 8.59. The van der Waals surface area contributed by atoms with E-state index < -0.39 is 5.91 Å². The van der Waals surface area contributed by atoms with Crippen molar-refractivity contribution in [2.45, 2.75) is 13.5 Å². The molecule has 2 aromatic rings. The molecule has 0 bridgehead atoms. The molecule has 2 N–H and O–H groups in total. The molecular formula is C12H12N4O2. The van der Waals surface area contributed by atoms with Crippen molar-refractivity contribution in [2.24, 2.45) is 5.73 Å². The molecule has 0 atom stereocenters. The predicted molar refractivity (Wildman–Crippen MR) is 64.7 cm³/mol. The molecule has 1 aromatic carbocycles. The van der Waals surface area contributed by atoms with Crippen LogP contribution in [0.4, 0.5) is 0 Å². The molecule has 18 heavy (non-hydrogen) atoms. The van der Waals surface area contributed by atoms with E-state index in [1.54, 1.807) is 0 Å². The molecule has 1 aromatic heterocycles. The molecule has 2 rings (SSSR count). The Hall–Kier alpha value is -2.50. The third-order valence-electron chi connectivity index (χ3n) is 2.42. The first-order valence-electron chi connectivity index (χ1n) is 5.37. The first kappa shape index (κ1) is 12.0. The van der Waals surface area contributed by atoms with Crippen LogP contribution in [0.2, 0.25) is 0 Å². The summed E-state index contributed by atoms with van der Waals surface area (Å²) in [6.45, 7) is 1.30. The van der Waals surface area contributed by atoms with E-state index in [4.69, 9.17) is 5.73 Å². The summed E-state index contributed by atoms with van der Waals surface area (Å²) in [7, 11) is 0. The van der Waals surface area contributed by atoms with Crippen LogP contribution in [0.25, 0.3) is 11.3 Å². The summed E-state index contributed by atoms with van der Waals surface area (Å²) in [4.78, 5) is 22.5. The van der Waals surface area contributed by atoms with Crippen molar-refractivity contribution in [3.63, 3.8) is 0 Å². The standard InChI is InChI=1S/C12H12N4O2/c1-8(17)11-12(9-5-3-2-4-6-9)16(15-14-11)7-10(13)18/h2-6H,7H2,1H3,(H2,13,18). The van der Waals surface area contributed by atoms with Crippen LogP contribution in [0.1, 0.15) is 17.4 Å². The van der Waals surface area contributed by atoms with Crippen LogP contribution in [-0.2, 0) is 11.3 Å². The van der Waals surface area contributed by atoms with Crippen molar-refractivity contribution < 1.29 is 9.59 Å². The Morgan fingerprint density at radius 3 is 2.50 bits per heavy atom. The number of benzene rings is 1. The number of nitrogens with zero attached hydrogens (tertiary/aromatic N) is 3. The van der Waals surface area contributed by atoms with Crippen molar-refractivity contribution in [1.82, 2.24) is 15.0 Å². The highest BCUT2D eigenvalue weighted by atomic mass is 16.1. The van der Waals surface area contributed by atoms with Gasteiger partial charge in [-0.1, -0.05) is 35.5 Å². The van der Waals surface area contributed by atoms with Gasteiger partial charge in [0, 0.05) is 12.5 Å². The molecular weight excluding hydrogens is 232 g/mol. The molecule has 0 fully saturated rings. The molecule has 92 valence electrons. The van der Waals surface area contributed by atoms with E-state index in [-0.39, 0.29) is 18.0 Å². The highest BCUT2D eigenvalue weighted by Crippen LogP contribution is 2.22. The minimum atomic E-state index is -0.535. The van der Waals surface area contributed by atoms with Gasteiger partial charge in [-0.2, -0.15) is 0 Å². The summed E-state index contributed by atoms with van der Waals surface area (Å²) in [6.07, 6.45) is 0. The number of nitrogens with two attached hydrogens (primary N) is 1. The molecule has 0 saturated carbocycles. The Kier molecular flexibility index (Phi) is 3.18. The van der Waals surface area contributed by atoms with Crippen molar-refractivity contribution in [3.8, 4) is 11.3 Å². The van der Waals surface area contributed by atoms with Crippen molar-refractivity contribution in [1.29, 1.82) is 0 Å². The van der Waals surface area contributed by atoms with Crippen LogP contribution < -0.4 is 5.73 Å². The second-order valence-corrected chi connectivity index (χ2v) is 3.83. The fourth-order valence-electron chi connectivity index (χ4n) is 1.69. The van der Waals surface area contributed by atoms with E-state index in [0.29, 0.717) is 5.69 Å².